The second kappa shape index (κ2) is 8.09. The van der Waals surface area contributed by atoms with Gasteiger partial charge < -0.3 is 14.5 Å². The minimum Gasteiger partial charge on any atom is -0.469 e. The number of hydrogen-bond acceptors (Lipinski definition) is 5. The van der Waals surface area contributed by atoms with E-state index in [2.05, 4.69) is 9.88 Å². The van der Waals surface area contributed by atoms with E-state index in [0.717, 1.165) is 27.7 Å². The molecule has 4 rings (SSSR count). The molecule has 2 unspecified atom stereocenters. The average Bonchev–Trinajstić information content (AvgIpc) is 3.13. The Morgan fingerprint density at radius 1 is 1.03 bits per heavy atom. The topological polar surface area (TPSA) is 71.6 Å². The molecule has 3 aromatic rings. The molecule has 0 bridgehead atoms. The minimum atomic E-state index is -0.485. The van der Waals surface area contributed by atoms with Crippen LogP contribution in [0.15, 0.2) is 54.6 Å². The maximum atomic E-state index is 12.7. The summed E-state index contributed by atoms with van der Waals surface area (Å²) in [6.07, 6.45) is 0.674. The number of ether oxygens (including phenoxy) is 2. The van der Waals surface area contributed by atoms with Crippen molar-refractivity contribution < 1.29 is 19.1 Å². The number of rotatable bonds is 5. The van der Waals surface area contributed by atoms with Crippen LogP contribution in [0.5, 0.6) is 0 Å². The van der Waals surface area contributed by atoms with Gasteiger partial charge in [0.05, 0.1) is 26.7 Å². The van der Waals surface area contributed by atoms with E-state index in [0.29, 0.717) is 13.0 Å². The molecule has 0 saturated heterocycles. The number of methoxy groups -OCH3 is 2. The second-order valence-corrected chi connectivity index (χ2v) is 7.26. The normalized spacial score (nSPS) is 19.0. The van der Waals surface area contributed by atoms with Gasteiger partial charge in [0.1, 0.15) is 6.04 Å². The van der Waals surface area contributed by atoms with Gasteiger partial charge in [0.25, 0.3) is 0 Å². The van der Waals surface area contributed by atoms with Crippen molar-refractivity contribution in [3.63, 3.8) is 0 Å². The van der Waals surface area contributed by atoms with Gasteiger partial charge in [-0.05, 0) is 17.2 Å². The molecule has 2 aromatic carbocycles. The molecule has 0 aliphatic carbocycles. The van der Waals surface area contributed by atoms with Crippen LogP contribution in [-0.4, -0.2) is 42.1 Å². The first-order valence-electron chi connectivity index (χ1n) is 9.66. The number of carbonyl (C=O) groups is 2. The highest BCUT2D eigenvalue weighted by Crippen LogP contribution is 2.40. The van der Waals surface area contributed by atoms with E-state index in [9.17, 15) is 9.59 Å². The highest BCUT2D eigenvalue weighted by Gasteiger charge is 2.41. The maximum Gasteiger partial charge on any atom is 0.323 e. The van der Waals surface area contributed by atoms with Gasteiger partial charge in [-0.25, -0.2) is 0 Å². The molecule has 6 heteroatoms. The number of H-pyrrole nitrogens is 1. The number of fused-ring (bicyclic) bond motifs is 3. The monoisotopic (exact) mass is 392 g/mol. The Morgan fingerprint density at radius 2 is 1.76 bits per heavy atom. The van der Waals surface area contributed by atoms with Crippen LogP contribution in [-0.2, 0) is 32.0 Å². The molecule has 1 aliphatic rings. The van der Waals surface area contributed by atoms with Crippen LogP contribution in [0.2, 0.25) is 0 Å². The fourth-order valence-corrected chi connectivity index (χ4v) is 4.25. The summed E-state index contributed by atoms with van der Waals surface area (Å²) in [6, 6.07) is 17.1. The first-order chi connectivity index (χ1) is 14.1. The predicted molar refractivity (Wildman–Crippen MR) is 109 cm³/mol. The van der Waals surface area contributed by atoms with E-state index in [1.807, 2.05) is 54.6 Å². The Kier molecular flexibility index (Phi) is 5.36. The van der Waals surface area contributed by atoms with E-state index < -0.39 is 6.04 Å². The zero-order chi connectivity index (χ0) is 20.4. The molecule has 29 heavy (non-hydrogen) atoms. The first kappa shape index (κ1) is 19.2. The van der Waals surface area contributed by atoms with Crippen LogP contribution in [0.25, 0.3) is 10.9 Å². The highest BCUT2D eigenvalue weighted by molar-refractivity contribution is 5.87. The smallest absolute Gasteiger partial charge is 0.323 e. The Hall–Kier alpha value is -3.12. The number of aromatic amines is 1. The highest BCUT2D eigenvalue weighted by atomic mass is 16.5. The summed E-state index contributed by atoms with van der Waals surface area (Å²) in [4.78, 5) is 30.6. The van der Waals surface area contributed by atoms with Crippen molar-refractivity contribution in [3.8, 4) is 0 Å². The minimum absolute atomic E-state index is 0.149. The molecule has 1 aliphatic heterocycles. The van der Waals surface area contributed by atoms with Crippen molar-refractivity contribution in [2.45, 2.75) is 31.5 Å². The van der Waals surface area contributed by atoms with Crippen LogP contribution < -0.4 is 0 Å². The van der Waals surface area contributed by atoms with Gasteiger partial charge in [-0.1, -0.05) is 48.5 Å². The van der Waals surface area contributed by atoms with Crippen molar-refractivity contribution >= 4 is 22.8 Å². The van der Waals surface area contributed by atoms with E-state index in [4.69, 9.17) is 9.47 Å². The van der Waals surface area contributed by atoms with Crippen LogP contribution >= 0.6 is 0 Å². The zero-order valence-corrected chi connectivity index (χ0v) is 16.6. The maximum absolute atomic E-state index is 12.7. The lowest BCUT2D eigenvalue weighted by molar-refractivity contribution is -0.152. The van der Waals surface area contributed by atoms with Crippen LogP contribution in [0, 0.1) is 0 Å². The second-order valence-electron chi connectivity index (χ2n) is 7.26. The van der Waals surface area contributed by atoms with Gasteiger partial charge in [0.15, 0.2) is 0 Å². The summed E-state index contributed by atoms with van der Waals surface area (Å²) in [5.41, 5.74) is 4.09. The summed E-state index contributed by atoms with van der Waals surface area (Å²) in [7, 11) is 2.79. The largest absolute Gasteiger partial charge is 0.469 e. The molecular formula is C23H24N2O4. The Labute approximate surface area is 169 Å². The standard InChI is InChI=1S/C23H24N2O4/c1-28-21(26)13-19-22-17(16-10-6-7-11-18(16)24-22)12-20(23(27)29-2)25(19)14-15-8-4-3-5-9-15/h3-11,19-20,24H,12-14H2,1-2H3. The Morgan fingerprint density at radius 3 is 2.48 bits per heavy atom. The summed E-state index contributed by atoms with van der Waals surface area (Å²) in [5.74, 6) is -0.616. The average molecular weight is 392 g/mol. The third kappa shape index (κ3) is 3.63. The number of nitrogens with one attached hydrogen (secondary N) is 1. The van der Waals surface area contributed by atoms with E-state index in [-0.39, 0.29) is 24.4 Å². The molecule has 1 N–H and O–H groups in total. The zero-order valence-electron chi connectivity index (χ0n) is 16.6. The van der Waals surface area contributed by atoms with E-state index in [1.165, 1.54) is 14.2 Å². The molecule has 0 saturated carbocycles. The van der Waals surface area contributed by atoms with E-state index in [1.54, 1.807) is 0 Å². The van der Waals surface area contributed by atoms with E-state index >= 15 is 0 Å². The number of esters is 2. The third-order valence-corrected chi connectivity index (χ3v) is 5.65. The molecule has 2 atom stereocenters. The first-order valence-corrected chi connectivity index (χ1v) is 9.66. The lowest BCUT2D eigenvalue weighted by Gasteiger charge is -2.40. The number of benzene rings is 2. The van der Waals surface area contributed by atoms with Crippen molar-refractivity contribution in [1.82, 2.24) is 9.88 Å². The summed E-state index contributed by atoms with van der Waals surface area (Å²) < 4.78 is 10.1. The van der Waals surface area contributed by atoms with Gasteiger partial charge in [-0.2, -0.15) is 0 Å². The number of aromatic nitrogens is 1. The molecule has 0 fully saturated rings. The van der Waals surface area contributed by atoms with Gasteiger partial charge in [0, 0.05) is 29.6 Å². The van der Waals surface area contributed by atoms with Crippen molar-refractivity contribution in [2.24, 2.45) is 0 Å². The van der Waals surface area contributed by atoms with Gasteiger partial charge in [-0.15, -0.1) is 0 Å². The number of para-hydroxylation sites is 1. The predicted octanol–water partition coefficient (Wildman–Crippen LogP) is 3.37. The number of hydrogen-bond donors (Lipinski definition) is 1. The molecular weight excluding hydrogens is 368 g/mol. The molecule has 6 nitrogen and oxygen atoms in total. The SMILES string of the molecule is COC(=O)CC1c2[nH]c3ccccc3c2CC(C(=O)OC)N1Cc1ccccc1. The Bertz CT molecular complexity index is 1030. The van der Waals surface area contributed by atoms with Crippen LogP contribution in [0.1, 0.15) is 29.3 Å². The van der Waals surface area contributed by atoms with Gasteiger partial charge in [0.2, 0.25) is 0 Å². The molecule has 150 valence electrons. The fraction of sp³-hybridized carbons (Fsp3) is 0.304. The van der Waals surface area contributed by atoms with Crippen LogP contribution in [0.4, 0.5) is 0 Å². The molecule has 0 amide bonds. The summed E-state index contributed by atoms with van der Waals surface area (Å²) in [6.45, 7) is 0.525. The fourth-order valence-electron chi connectivity index (χ4n) is 4.25. The van der Waals surface area contributed by atoms with Crippen LogP contribution in [0.3, 0.4) is 0 Å². The summed E-state index contributed by atoms with van der Waals surface area (Å²) in [5, 5.41) is 1.07. The molecule has 2 heterocycles. The molecule has 0 radical (unpaired) electrons. The van der Waals surface area contributed by atoms with Crippen molar-refractivity contribution in [2.75, 3.05) is 14.2 Å². The third-order valence-electron chi connectivity index (χ3n) is 5.65. The summed E-state index contributed by atoms with van der Waals surface area (Å²) >= 11 is 0. The van der Waals surface area contributed by atoms with Gasteiger partial charge in [-0.3, -0.25) is 14.5 Å². The number of carbonyl (C=O) groups excluding carboxylic acids is 2. The van der Waals surface area contributed by atoms with Crippen molar-refractivity contribution in [1.29, 1.82) is 0 Å². The van der Waals surface area contributed by atoms with Crippen molar-refractivity contribution in [3.05, 3.63) is 71.4 Å². The molecule has 0 spiro atoms. The Balaban J connectivity index is 1.84. The number of nitrogens with zero attached hydrogens (tertiary/aromatic N) is 1. The lowest BCUT2D eigenvalue weighted by atomic mass is 9.89. The molecule has 1 aromatic heterocycles. The quantitative estimate of drug-likeness (QED) is 0.674. The van der Waals surface area contributed by atoms with Gasteiger partial charge >= 0.3 is 11.9 Å². The lowest BCUT2D eigenvalue weighted by Crippen LogP contribution is -2.48.